The van der Waals surface area contributed by atoms with Crippen molar-refractivity contribution < 1.29 is 0 Å². The second kappa shape index (κ2) is 7.24. The van der Waals surface area contributed by atoms with Crippen molar-refractivity contribution in [1.82, 2.24) is 4.90 Å². The Hall–Kier alpha value is -0.860. The first kappa shape index (κ1) is 15.5. The van der Waals surface area contributed by atoms with Gasteiger partial charge in [-0.2, -0.15) is 0 Å². The van der Waals surface area contributed by atoms with Crippen LogP contribution in [0.5, 0.6) is 0 Å². The lowest BCUT2D eigenvalue weighted by atomic mass is 9.94. The lowest BCUT2D eigenvalue weighted by Crippen LogP contribution is -2.42. The summed E-state index contributed by atoms with van der Waals surface area (Å²) in [6.45, 7) is 8.87. The molecule has 112 valence electrons. The SMILES string of the molecule is CC(C)c1ccc(C(C)N2CCCCC2CCN)cc1. The normalized spacial score (nSPS) is 22.1. The van der Waals surface area contributed by atoms with Gasteiger partial charge in [-0.15, -0.1) is 0 Å². The summed E-state index contributed by atoms with van der Waals surface area (Å²) < 4.78 is 0. The molecule has 1 aromatic carbocycles. The molecule has 2 rings (SSSR count). The van der Waals surface area contributed by atoms with Gasteiger partial charge >= 0.3 is 0 Å². The van der Waals surface area contributed by atoms with Crippen LogP contribution in [0.4, 0.5) is 0 Å². The van der Waals surface area contributed by atoms with Crippen molar-refractivity contribution in [2.24, 2.45) is 5.73 Å². The van der Waals surface area contributed by atoms with E-state index in [1.807, 2.05) is 0 Å². The maximum Gasteiger partial charge on any atom is 0.0322 e. The Bertz CT molecular complexity index is 394. The first-order chi connectivity index (χ1) is 9.63. The predicted octanol–water partition coefficient (Wildman–Crippen LogP) is 4.07. The Balaban J connectivity index is 2.09. The fourth-order valence-electron chi connectivity index (χ4n) is 3.39. The van der Waals surface area contributed by atoms with Gasteiger partial charge in [0.05, 0.1) is 0 Å². The fourth-order valence-corrected chi connectivity index (χ4v) is 3.39. The Morgan fingerprint density at radius 3 is 2.35 bits per heavy atom. The van der Waals surface area contributed by atoms with Crippen LogP contribution in [-0.4, -0.2) is 24.0 Å². The Morgan fingerprint density at radius 1 is 1.10 bits per heavy atom. The summed E-state index contributed by atoms with van der Waals surface area (Å²) in [7, 11) is 0. The number of nitrogens with two attached hydrogens (primary N) is 1. The second-order valence-corrected chi connectivity index (χ2v) is 6.46. The maximum absolute atomic E-state index is 5.79. The summed E-state index contributed by atoms with van der Waals surface area (Å²) in [5, 5.41) is 0. The Labute approximate surface area is 124 Å². The summed E-state index contributed by atoms with van der Waals surface area (Å²) in [5.41, 5.74) is 8.66. The number of benzene rings is 1. The number of hydrogen-bond acceptors (Lipinski definition) is 2. The van der Waals surface area contributed by atoms with Crippen molar-refractivity contribution in [2.75, 3.05) is 13.1 Å². The summed E-state index contributed by atoms with van der Waals surface area (Å²) >= 11 is 0. The predicted molar refractivity (Wildman–Crippen MR) is 87.0 cm³/mol. The van der Waals surface area contributed by atoms with E-state index in [1.54, 1.807) is 0 Å². The molecule has 1 aliphatic rings. The number of rotatable bonds is 5. The van der Waals surface area contributed by atoms with Gasteiger partial charge in [0.15, 0.2) is 0 Å². The third kappa shape index (κ3) is 3.62. The second-order valence-electron chi connectivity index (χ2n) is 6.46. The van der Waals surface area contributed by atoms with E-state index in [4.69, 9.17) is 5.73 Å². The van der Waals surface area contributed by atoms with E-state index in [-0.39, 0.29) is 0 Å². The average Bonchev–Trinajstić information content (AvgIpc) is 2.47. The van der Waals surface area contributed by atoms with Crippen molar-refractivity contribution in [3.8, 4) is 0 Å². The minimum atomic E-state index is 0.507. The first-order valence-electron chi connectivity index (χ1n) is 8.19. The van der Waals surface area contributed by atoms with Crippen LogP contribution < -0.4 is 5.73 Å². The van der Waals surface area contributed by atoms with E-state index < -0.39 is 0 Å². The van der Waals surface area contributed by atoms with Crippen LogP contribution in [0.15, 0.2) is 24.3 Å². The van der Waals surface area contributed by atoms with Gasteiger partial charge < -0.3 is 5.73 Å². The molecule has 2 heteroatoms. The highest BCUT2D eigenvalue weighted by atomic mass is 15.2. The molecule has 2 N–H and O–H groups in total. The van der Waals surface area contributed by atoms with Crippen LogP contribution in [0.2, 0.25) is 0 Å². The lowest BCUT2D eigenvalue weighted by Gasteiger charge is -2.40. The highest BCUT2D eigenvalue weighted by Gasteiger charge is 2.26. The third-order valence-electron chi connectivity index (χ3n) is 4.76. The highest BCUT2D eigenvalue weighted by molar-refractivity contribution is 5.26. The molecule has 0 aromatic heterocycles. The molecule has 2 atom stereocenters. The van der Waals surface area contributed by atoms with Crippen LogP contribution in [0, 0.1) is 0 Å². The molecule has 20 heavy (non-hydrogen) atoms. The van der Waals surface area contributed by atoms with Crippen molar-refractivity contribution >= 4 is 0 Å². The van der Waals surface area contributed by atoms with Gasteiger partial charge in [-0.05, 0) is 56.3 Å². The average molecular weight is 274 g/mol. The van der Waals surface area contributed by atoms with E-state index in [0.29, 0.717) is 18.0 Å². The van der Waals surface area contributed by atoms with Gasteiger partial charge in [-0.25, -0.2) is 0 Å². The first-order valence-corrected chi connectivity index (χ1v) is 8.19. The lowest BCUT2D eigenvalue weighted by molar-refractivity contribution is 0.0984. The van der Waals surface area contributed by atoms with Crippen LogP contribution in [-0.2, 0) is 0 Å². The summed E-state index contributed by atoms with van der Waals surface area (Å²) in [5.74, 6) is 0.610. The fraction of sp³-hybridized carbons (Fsp3) is 0.667. The van der Waals surface area contributed by atoms with E-state index in [2.05, 4.69) is 49.9 Å². The number of piperidine rings is 1. The molecule has 1 heterocycles. The number of likely N-dealkylation sites (tertiary alicyclic amines) is 1. The zero-order chi connectivity index (χ0) is 14.5. The molecular formula is C18H30N2. The smallest absolute Gasteiger partial charge is 0.0322 e. The Morgan fingerprint density at radius 2 is 1.75 bits per heavy atom. The molecule has 2 unspecified atom stereocenters. The van der Waals surface area contributed by atoms with Gasteiger partial charge in [0, 0.05) is 12.1 Å². The Kier molecular flexibility index (Phi) is 5.62. The molecule has 2 nitrogen and oxygen atoms in total. The van der Waals surface area contributed by atoms with Crippen LogP contribution in [0.25, 0.3) is 0 Å². The van der Waals surface area contributed by atoms with E-state index >= 15 is 0 Å². The molecular weight excluding hydrogens is 244 g/mol. The zero-order valence-corrected chi connectivity index (χ0v) is 13.3. The minimum absolute atomic E-state index is 0.507. The zero-order valence-electron chi connectivity index (χ0n) is 13.3. The van der Waals surface area contributed by atoms with Gasteiger partial charge in [-0.1, -0.05) is 44.5 Å². The monoisotopic (exact) mass is 274 g/mol. The van der Waals surface area contributed by atoms with Crippen molar-refractivity contribution in [3.05, 3.63) is 35.4 Å². The molecule has 1 saturated heterocycles. The molecule has 1 aliphatic heterocycles. The van der Waals surface area contributed by atoms with Crippen molar-refractivity contribution in [1.29, 1.82) is 0 Å². The standard InChI is InChI=1S/C18H30N2/c1-14(2)16-7-9-17(10-8-16)15(3)20-13-5-4-6-18(20)11-12-19/h7-10,14-15,18H,4-6,11-13,19H2,1-3H3. The highest BCUT2D eigenvalue weighted by Crippen LogP contribution is 2.30. The number of nitrogens with zero attached hydrogens (tertiary/aromatic N) is 1. The van der Waals surface area contributed by atoms with Gasteiger partial charge in [-0.3, -0.25) is 4.90 Å². The molecule has 0 radical (unpaired) electrons. The molecule has 1 fully saturated rings. The molecule has 1 aromatic rings. The van der Waals surface area contributed by atoms with Gasteiger partial charge in [0.2, 0.25) is 0 Å². The van der Waals surface area contributed by atoms with Gasteiger partial charge in [0.1, 0.15) is 0 Å². The van der Waals surface area contributed by atoms with Crippen molar-refractivity contribution in [2.45, 2.75) is 64.5 Å². The van der Waals surface area contributed by atoms with Crippen LogP contribution in [0.1, 0.15) is 69.5 Å². The van der Waals surface area contributed by atoms with Gasteiger partial charge in [0.25, 0.3) is 0 Å². The van der Waals surface area contributed by atoms with Crippen LogP contribution in [0.3, 0.4) is 0 Å². The molecule has 0 aliphatic carbocycles. The summed E-state index contributed by atoms with van der Waals surface area (Å²) in [6, 6.07) is 10.4. The van der Waals surface area contributed by atoms with E-state index in [9.17, 15) is 0 Å². The van der Waals surface area contributed by atoms with E-state index in [1.165, 1.54) is 36.9 Å². The topological polar surface area (TPSA) is 29.3 Å². The molecule has 0 saturated carbocycles. The summed E-state index contributed by atoms with van der Waals surface area (Å²) in [4.78, 5) is 2.67. The maximum atomic E-state index is 5.79. The quantitative estimate of drug-likeness (QED) is 0.877. The third-order valence-corrected chi connectivity index (χ3v) is 4.76. The summed E-state index contributed by atoms with van der Waals surface area (Å²) in [6.07, 6.45) is 5.13. The van der Waals surface area contributed by atoms with Crippen molar-refractivity contribution in [3.63, 3.8) is 0 Å². The molecule has 0 spiro atoms. The largest absolute Gasteiger partial charge is 0.330 e. The molecule has 0 bridgehead atoms. The van der Waals surface area contributed by atoms with E-state index in [0.717, 1.165) is 13.0 Å². The molecule has 0 amide bonds. The number of hydrogen-bond donors (Lipinski definition) is 1. The van der Waals surface area contributed by atoms with Crippen LogP contribution >= 0.6 is 0 Å². The minimum Gasteiger partial charge on any atom is -0.330 e.